The van der Waals surface area contributed by atoms with Crippen LogP contribution in [0.4, 0.5) is 0 Å². The Labute approximate surface area is 137 Å². The van der Waals surface area contributed by atoms with Gasteiger partial charge in [0.05, 0.1) is 44.8 Å². The van der Waals surface area contributed by atoms with Crippen LogP contribution < -0.4 is 0 Å². The number of β-amino-alcohol motifs (C(OH)–C–C–N with tert-alkyl or cyclic N) is 1. The Hall–Kier alpha value is -0.990. The number of ether oxygens (including phenoxy) is 2. The van der Waals surface area contributed by atoms with Gasteiger partial charge in [-0.15, -0.1) is 0 Å². The largest absolute Gasteiger partial charge is 0.390 e. The van der Waals surface area contributed by atoms with Crippen molar-refractivity contribution in [3.05, 3.63) is 18.0 Å². The second-order valence-electron chi connectivity index (χ2n) is 6.56. The van der Waals surface area contributed by atoms with Crippen LogP contribution in [0.15, 0.2) is 12.4 Å². The predicted octanol–water partition coefficient (Wildman–Crippen LogP) is -0.415. The van der Waals surface area contributed by atoms with Crippen LogP contribution in [0.25, 0.3) is 0 Å². The number of rotatable bonds is 6. The lowest BCUT2D eigenvalue weighted by atomic mass is 10.2. The molecule has 0 aromatic carbocycles. The van der Waals surface area contributed by atoms with Crippen LogP contribution in [0.5, 0.6) is 0 Å². The second kappa shape index (κ2) is 8.21. The molecule has 2 saturated heterocycles. The zero-order valence-corrected chi connectivity index (χ0v) is 13.9. The Balaban J connectivity index is 1.42. The van der Waals surface area contributed by atoms with Crippen LogP contribution in [-0.4, -0.2) is 96.0 Å². The molecule has 2 aliphatic heterocycles. The minimum absolute atomic E-state index is 0.138. The molecule has 7 nitrogen and oxygen atoms in total. The first-order valence-electron chi connectivity index (χ1n) is 8.50. The maximum absolute atomic E-state index is 10.4. The highest BCUT2D eigenvalue weighted by molar-refractivity contribution is 4.99. The molecule has 2 atom stereocenters. The molecule has 0 amide bonds. The van der Waals surface area contributed by atoms with Crippen LogP contribution in [0, 0.1) is 6.92 Å². The molecule has 130 valence electrons. The van der Waals surface area contributed by atoms with Crippen molar-refractivity contribution in [3.63, 3.8) is 0 Å². The second-order valence-corrected chi connectivity index (χ2v) is 6.56. The number of aliphatic hydroxyl groups excluding tert-OH is 1. The number of aryl methyl sites for hydroxylation is 1. The van der Waals surface area contributed by atoms with Gasteiger partial charge in [0.25, 0.3) is 0 Å². The number of morpholine rings is 2. The monoisotopic (exact) mass is 324 g/mol. The molecule has 0 bridgehead atoms. The third kappa shape index (κ3) is 5.26. The van der Waals surface area contributed by atoms with Gasteiger partial charge in [0.2, 0.25) is 0 Å². The van der Waals surface area contributed by atoms with Gasteiger partial charge in [0.15, 0.2) is 0 Å². The molecule has 2 aliphatic rings. The number of hydrogen-bond donors (Lipinski definition) is 1. The van der Waals surface area contributed by atoms with Gasteiger partial charge in [-0.25, -0.2) is 0 Å². The maximum Gasteiger partial charge on any atom is 0.0898 e. The van der Waals surface area contributed by atoms with Crippen LogP contribution in [0.1, 0.15) is 5.56 Å². The topological polar surface area (TPSA) is 63.0 Å². The summed E-state index contributed by atoms with van der Waals surface area (Å²) in [4.78, 5) is 4.58. The van der Waals surface area contributed by atoms with Crippen molar-refractivity contribution in [1.82, 2.24) is 19.6 Å². The summed E-state index contributed by atoms with van der Waals surface area (Å²) < 4.78 is 13.1. The molecule has 1 aromatic heterocycles. The molecule has 2 fully saturated rings. The first-order valence-corrected chi connectivity index (χ1v) is 8.50. The Morgan fingerprint density at radius 3 is 2.70 bits per heavy atom. The van der Waals surface area contributed by atoms with E-state index in [0.717, 1.165) is 59.1 Å². The van der Waals surface area contributed by atoms with Gasteiger partial charge in [0, 0.05) is 45.5 Å². The van der Waals surface area contributed by atoms with Gasteiger partial charge in [-0.1, -0.05) is 0 Å². The van der Waals surface area contributed by atoms with Crippen molar-refractivity contribution in [2.75, 3.05) is 59.1 Å². The minimum Gasteiger partial charge on any atom is -0.390 e. The molecule has 0 unspecified atom stereocenters. The molecule has 1 N–H and O–H groups in total. The van der Waals surface area contributed by atoms with E-state index in [4.69, 9.17) is 9.47 Å². The van der Waals surface area contributed by atoms with Gasteiger partial charge in [-0.2, -0.15) is 5.10 Å². The summed E-state index contributed by atoms with van der Waals surface area (Å²) >= 11 is 0. The fraction of sp³-hybridized carbons (Fsp3) is 0.812. The number of nitrogens with zero attached hydrogens (tertiary/aromatic N) is 4. The summed E-state index contributed by atoms with van der Waals surface area (Å²) in [7, 11) is 0. The van der Waals surface area contributed by atoms with Gasteiger partial charge in [-0.3, -0.25) is 14.5 Å². The van der Waals surface area contributed by atoms with E-state index in [0.29, 0.717) is 6.54 Å². The minimum atomic E-state index is -0.321. The van der Waals surface area contributed by atoms with Crippen molar-refractivity contribution in [3.8, 4) is 0 Å². The average Bonchev–Trinajstić information content (AvgIpc) is 2.93. The fourth-order valence-corrected chi connectivity index (χ4v) is 3.27. The predicted molar refractivity (Wildman–Crippen MR) is 86.4 cm³/mol. The third-order valence-corrected chi connectivity index (χ3v) is 4.42. The van der Waals surface area contributed by atoms with E-state index in [9.17, 15) is 5.11 Å². The Morgan fingerprint density at radius 2 is 1.96 bits per heavy atom. The van der Waals surface area contributed by atoms with Crippen molar-refractivity contribution in [2.24, 2.45) is 0 Å². The Kier molecular flexibility index (Phi) is 6.02. The SMILES string of the molecule is Cc1cnn(C[C@H]2CN(C[C@H](O)CN3CCOCC3)CCO2)c1. The molecular weight excluding hydrogens is 296 g/mol. The van der Waals surface area contributed by atoms with Gasteiger partial charge < -0.3 is 14.6 Å². The van der Waals surface area contributed by atoms with Crippen LogP contribution in [0.2, 0.25) is 0 Å². The molecule has 0 radical (unpaired) electrons. The van der Waals surface area contributed by atoms with Crippen molar-refractivity contribution < 1.29 is 14.6 Å². The number of aliphatic hydroxyl groups is 1. The van der Waals surface area contributed by atoms with E-state index in [1.165, 1.54) is 5.56 Å². The van der Waals surface area contributed by atoms with Gasteiger partial charge >= 0.3 is 0 Å². The molecule has 0 saturated carbocycles. The lowest BCUT2D eigenvalue weighted by Crippen LogP contribution is -2.49. The van der Waals surface area contributed by atoms with Crippen LogP contribution >= 0.6 is 0 Å². The van der Waals surface area contributed by atoms with E-state index < -0.39 is 0 Å². The summed E-state index contributed by atoms with van der Waals surface area (Å²) in [5.41, 5.74) is 1.17. The molecule has 7 heteroatoms. The van der Waals surface area contributed by atoms with Crippen LogP contribution in [-0.2, 0) is 16.0 Å². The van der Waals surface area contributed by atoms with Gasteiger partial charge in [-0.05, 0) is 12.5 Å². The Morgan fingerprint density at radius 1 is 1.22 bits per heavy atom. The summed E-state index contributed by atoms with van der Waals surface area (Å²) in [6.07, 6.45) is 3.72. The summed E-state index contributed by atoms with van der Waals surface area (Å²) in [5.74, 6) is 0. The molecule has 0 aliphatic carbocycles. The molecule has 1 aromatic rings. The normalized spacial score (nSPS) is 25.6. The van der Waals surface area contributed by atoms with Crippen molar-refractivity contribution in [2.45, 2.75) is 25.7 Å². The molecule has 0 spiro atoms. The smallest absolute Gasteiger partial charge is 0.0898 e. The standard InChI is InChI=1S/C16H28N4O3/c1-14-8-17-20(9-14)13-16-12-19(4-7-23-16)11-15(21)10-18-2-5-22-6-3-18/h8-9,15-16,21H,2-7,10-13H2,1H3/t15-,16-/m1/s1. The molecular formula is C16H28N4O3. The zero-order chi connectivity index (χ0) is 16.1. The lowest BCUT2D eigenvalue weighted by molar-refractivity contribution is -0.0538. The van der Waals surface area contributed by atoms with E-state index in [-0.39, 0.29) is 12.2 Å². The first-order chi connectivity index (χ1) is 11.2. The van der Waals surface area contributed by atoms with E-state index in [2.05, 4.69) is 14.9 Å². The number of aromatic nitrogens is 2. The summed E-state index contributed by atoms with van der Waals surface area (Å²) in [6.45, 7) is 10.1. The molecule has 23 heavy (non-hydrogen) atoms. The maximum atomic E-state index is 10.4. The molecule has 3 rings (SSSR count). The molecule has 3 heterocycles. The summed E-state index contributed by atoms with van der Waals surface area (Å²) in [5, 5.41) is 14.7. The highest BCUT2D eigenvalue weighted by Crippen LogP contribution is 2.09. The third-order valence-electron chi connectivity index (χ3n) is 4.42. The Bertz CT molecular complexity index is 476. The van der Waals surface area contributed by atoms with E-state index in [1.807, 2.05) is 24.0 Å². The average molecular weight is 324 g/mol. The fourth-order valence-electron chi connectivity index (χ4n) is 3.27. The summed E-state index contributed by atoms with van der Waals surface area (Å²) in [6, 6.07) is 0. The first kappa shape index (κ1) is 16.9. The highest BCUT2D eigenvalue weighted by Gasteiger charge is 2.24. The lowest BCUT2D eigenvalue weighted by Gasteiger charge is -2.35. The zero-order valence-electron chi connectivity index (χ0n) is 13.9. The van der Waals surface area contributed by atoms with E-state index >= 15 is 0 Å². The van der Waals surface area contributed by atoms with Gasteiger partial charge in [0.1, 0.15) is 0 Å². The number of hydrogen-bond acceptors (Lipinski definition) is 6. The quantitative estimate of drug-likeness (QED) is 0.767. The van der Waals surface area contributed by atoms with Crippen molar-refractivity contribution >= 4 is 0 Å². The van der Waals surface area contributed by atoms with E-state index in [1.54, 1.807) is 0 Å². The van der Waals surface area contributed by atoms with Crippen LogP contribution in [0.3, 0.4) is 0 Å². The highest BCUT2D eigenvalue weighted by atomic mass is 16.5. The van der Waals surface area contributed by atoms with Crippen molar-refractivity contribution in [1.29, 1.82) is 0 Å².